The fraction of sp³-hybridized carbons (Fsp3) is 1.00. The van der Waals surface area contributed by atoms with E-state index in [0.29, 0.717) is 12.0 Å². The molecule has 122 valence electrons. The zero-order chi connectivity index (χ0) is 14.9. The Kier molecular flexibility index (Phi) is 4.89. The van der Waals surface area contributed by atoms with Gasteiger partial charge in [-0.05, 0) is 51.1 Å². The molecule has 0 aliphatic carbocycles. The van der Waals surface area contributed by atoms with Crippen LogP contribution in [0.5, 0.6) is 0 Å². The number of likely N-dealkylation sites (tertiary alicyclic amines) is 2. The van der Waals surface area contributed by atoms with Crippen LogP contribution in [0.15, 0.2) is 0 Å². The molecule has 3 saturated heterocycles. The molecule has 0 amide bonds. The largest absolute Gasteiger partial charge is 0.378 e. The Balaban J connectivity index is 1.65. The lowest BCUT2D eigenvalue weighted by molar-refractivity contribution is -0.0832. The van der Waals surface area contributed by atoms with Gasteiger partial charge in [0.1, 0.15) is 0 Å². The Morgan fingerprint density at radius 1 is 1.24 bits per heavy atom. The van der Waals surface area contributed by atoms with Crippen LogP contribution in [-0.4, -0.2) is 66.8 Å². The summed E-state index contributed by atoms with van der Waals surface area (Å²) in [6.45, 7) is 11.3. The first-order valence-corrected chi connectivity index (χ1v) is 8.95. The summed E-state index contributed by atoms with van der Waals surface area (Å²) in [7, 11) is 0. The van der Waals surface area contributed by atoms with E-state index in [1.54, 1.807) is 0 Å². The van der Waals surface area contributed by atoms with Crippen molar-refractivity contribution in [2.75, 3.05) is 39.3 Å². The SMILES string of the molecule is CC(C)C1CC(CN)(N2CCC(N3CCCC3)C2)CCO1. The molecule has 3 heterocycles. The quantitative estimate of drug-likeness (QED) is 0.857. The van der Waals surface area contributed by atoms with E-state index in [1.165, 1.54) is 45.4 Å². The van der Waals surface area contributed by atoms with E-state index in [2.05, 4.69) is 23.6 Å². The molecule has 4 heteroatoms. The predicted octanol–water partition coefficient (Wildman–Crippen LogP) is 1.69. The molecule has 0 spiro atoms. The highest BCUT2D eigenvalue weighted by Gasteiger charge is 2.45. The third-order valence-corrected chi connectivity index (χ3v) is 6.10. The van der Waals surface area contributed by atoms with E-state index < -0.39 is 0 Å². The highest BCUT2D eigenvalue weighted by atomic mass is 16.5. The van der Waals surface area contributed by atoms with E-state index in [0.717, 1.165) is 32.0 Å². The second-order valence-corrected chi connectivity index (χ2v) is 7.67. The Morgan fingerprint density at radius 2 is 2.00 bits per heavy atom. The van der Waals surface area contributed by atoms with E-state index in [1.807, 2.05) is 0 Å². The molecule has 3 atom stereocenters. The van der Waals surface area contributed by atoms with Gasteiger partial charge in [-0.15, -0.1) is 0 Å². The number of hydrogen-bond acceptors (Lipinski definition) is 4. The van der Waals surface area contributed by atoms with Gasteiger partial charge >= 0.3 is 0 Å². The minimum Gasteiger partial charge on any atom is -0.378 e. The molecule has 3 aliphatic heterocycles. The molecule has 3 rings (SSSR count). The van der Waals surface area contributed by atoms with Gasteiger partial charge in [0.05, 0.1) is 6.10 Å². The van der Waals surface area contributed by atoms with Crippen molar-refractivity contribution in [1.82, 2.24) is 9.80 Å². The monoisotopic (exact) mass is 295 g/mol. The summed E-state index contributed by atoms with van der Waals surface area (Å²) in [6, 6.07) is 0.774. The van der Waals surface area contributed by atoms with Gasteiger partial charge in [0.25, 0.3) is 0 Å². The van der Waals surface area contributed by atoms with Crippen LogP contribution in [0.1, 0.15) is 46.0 Å². The van der Waals surface area contributed by atoms with Crippen LogP contribution in [0.4, 0.5) is 0 Å². The topological polar surface area (TPSA) is 41.7 Å². The number of ether oxygens (including phenoxy) is 1. The number of hydrogen-bond donors (Lipinski definition) is 1. The van der Waals surface area contributed by atoms with Crippen molar-refractivity contribution < 1.29 is 4.74 Å². The van der Waals surface area contributed by atoms with Crippen LogP contribution >= 0.6 is 0 Å². The van der Waals surface area contributed by atoms with Gasteiger partial charge in [0.2, 0.25) is 0 Å². The van der Waals surface area contributed by atoms with Gasteiger partial charge in [-0.2, -0.15) is 0 Å². The minimum absolute atomic E-state index is 0.196. The summed E-state index contributed by atoms with van der Waals surface area (Å²) in [4.78, 5) is 5.43. The normalized spacial score (nSPS) is 39.4. The lowest BCUT2D eigenvalue weighted by atomic mass is 9.82. The molecule has 0 radical (unpaired) electrons. The summed E-state index contributed by atoms with van der Waals surface area (Å²) < 4.78 is 5.99. The van der Waals surface area contributed by atoms with Crippen LogP contribution < -0.4 is 5.73 Å². The second-order valence-electron chi connectivity index (χ2n) is 7.67. The lowest BCUT2D eigenvalue weighted by Gasteiger charge is -2.47. The average Bonchev–Trinajstić information content (AvgIpc) is 3.18. The van der Waals surface area contributed by atoms with Gasteiger partial charge in [-0.1, -0.05) is 13.8 Å². The van der Waals surface area contributed by atoms with Crippen LogP contribution in [0, 0.1) is 5.92 Å². The molecule has 0 aromatic carbocycles. The zero-order valence-corrected chi connectivity index (χ0v) is 13.9. The summed E-state index contributed by atoms with van der Waals surface area (Å²) in [5.41, 5.74) is 6.46. The molecule has 0 aromatic heterocycles. The first kappa shape index (κ1) is 15.7. The van der Waals surface area contributed by atoms with E-state index >= 15 is 0 Å². The summed E-state index contributed by atoms with van der Waals surface area (Å²) in [5.74, 6) is 0.591. The average molecular weight is 295 g/mol. The van der Waals surface area contributed by atoms with Crippen molar-refractivity contribution in [3.8, 4) is 0 Å². The molecule has 3 fully saturated rings. The van der Waals surface area contributed by atoms with Gasteiger partial charge < -0.3 is 10.5 Å². The lowest BCUT2D eigenvalue weighted by Crippen LogP contribution is -2.59. The number of rotatable bonds is 4. The van der Waals surface area contributed by atoms with Crippen LogP contribution in [0.3, 0.4) is 0 Å². The molecular formula is C17H33N3O. The number of nitrogens with zero attached hydrogens (tertiary/aromatic N) is 2. The molecule has 3 unspecified atom stereocenters. The second kappa shape index (κ2) is 6.53. The van der Waals surface area contributed by atoms with Crippen LogP contribution in [0.2, 0.25) is 0 Å². The van der Waals surface area contributed by atoms with Crippen LogP contribution in [0.25, 0.3) is 0 Å². The fourth-order valence-electron chi connectivity index (χ4n) is 4.54. The predicted molar refractivity (Wildman–Crippen MR) is 86.4 cm³/mol. The zero-order valence-electron chi connectivity index (χ0n) is 13.9. The van der Waals surface area contributed by atoms with Crippen molar-refractivity contribution in [2.24, 2.45) is 11.7 Å². The minimum atomic E-state index is 0.196. The fourth-order valence-corrected chi connectivity index (χ4v) is 4.54. The van der Waals surface area contributed by atoms with E-state index in [-0.39, 0.29) is 5.54 Å². The molecule has 4 nitrogen and oxygen atoms in total. The first-order chi connectivity index (χ1) is 10.1. The Hall–Kier alpha value is -0.160. The van der Waals surface area contributed by atoms with E-state index in [4.69, 9.17) is 10.5 Å². The van der Waals surface area contributed by atoms with Crippen molar-refractivity contribution in [3.05, 3.63) is 0 Å². The van der Waals surface area contributed by atoms with Gasteiger partial charge in [-0.3, -0.25) is 9.80 Å². The maximum atomic E-state index is 6.27. The van der Waals surface area contributed by atoms with Crippen molar-refractivity contribution in [3.63, 3.8) is 0 Å². The third-order valence-electron chi connectivity index (χ3n) is 6.10. The molecular weight excluding hydrogens is 262 g/mol. The Labute approximate surface area is 130 Å². The molecule has 2 N–H and O–H groups in total. The smallest absolute Gasteiger partial charge is 0.0616 e. The van der Waals surface area contributed by atoms with Crippen molar-refractivity contribution in [2.45, 2.75) is 63.6 Å². The summed E-state index contributed by atoms with van der Waals surface area (Å²) in [5, 5.41) is 0. The third kappa shape index (κ3) is 3.14. The van der Waals surface area contributed by atoms with Crippen molar-refractivity contribution >= 4 is 0 Å². The Bertz CT molecular complexity index is 343. The highest BCUT2D eigenvalue weighted by molar-refractivity contribution is 5.01. The molecule has 3 aliphatic rings. The van der Waals surface area contributed by atoms with Crippen molar-refractivity contribution in [1.29, 1.82) is 0 Å². The van der Waals surface area contributed by atoms with Gasteiger partial charge in [0.15, 0.2) is 0 Å². The maximum absolute atomic E-state index is 6.27. The molecule has 0 bridgehead atoms. The molecule has 21 heavy (non-hydrogen) atoms. The number of nitrogens with two attached hydrogens (primary N) is 1. The summed E-state index contributed by atoms with van der Waals surface area (Å²) >= 11 is 0. The van der Waals surface area contributed by atoms with Gasteiger partial charge in [-0.25, -0.2) is 0 Å². The molecule has 0 aromatic rings. The standard InChI is InChI=1S/C17H33N3O/c1-14(2)16-11-17(13-18,6-10-21-16)20-9-5-15(12-20)19-7-3-4-8-19/h14-16H,3-13,18H2,1-2H3. The van der Waals surface area contributed by atoms with E-state index in [9.17, 15) is 0 Å². The highest BCUT2D eigenvalue weighted by Crippen LogP contribution is 2.36. The van der Waals surface area contributed by atoms with Crippen LogP contribution in [-0.2, 0) is 4.74 Å². The first-order valence-electron chi connectivity index (χ1n) is 8.95. The Morgan fingerprint density at radius 3 is 2.67 bits per heavy atom. The molecule has 0 saturated carbocycles. The summed E-state index contributed by atoms with van der Waals surface area (Å²) in [6.07, 6.45) is 6.72. The van der Waals surface area contributed by atoms with Gasteiger partial charge in [0, 0.05) is 37.8 Å². The maximum Gasteiger partial charge on any atom is 0.0616 e.